The Bertz CT molecular complexity index is 112. The van der Waals surface area contributed by atoms with Crippen LogP contribution < -0.4 is 5.73 Å². The van der Waals surface area contributed by atoms with Crippen LogP contribution in [0.4, 0.5) is 0 Å². The first-order valence-corrected chi connectivity index (χ1v) is 3.19. The highest BCUT2D eigenvalue weighted by Crippen LogP contribution is 1.93. The quantitative estimate of drug-likeness (QED) is 0.505. The van der Waals surface area contributed by atoms with Crippen LogP contribution in [0.5, 0.6) is 0 Å². The van der Waals surface area contributed by atoms with E-state index in [1.807, 2.05) is 6.92 Å². The fourth-order valence-corrected chi connectivity index (χ4v) is 0.611. The smallest absolute Gasteiger partial charge is 0.294 e. The van der Waals surface area contributed by atoms with Crippen LogP contribution in [0, 0.1) is 10.1 Å². The van der Waals surface area contributed by atoms with Crippen LogP contribution in [0.1, 0.15) is 19.8 Å². The van der Waals surface area contributed by atoms with Gasteiger partial charge < -0.3 is 10.6 Å². The predicted octanol–water partition coefficient (Wildman–Crippen LogP) is 0.744. The van der Waals surface area contributed by atoms with Gasteiger partial charge >= 0.3 is 0 Å². The molecule has 2 N–H and O–H groups in total. The van der Waals surface area contributed by atoms with Crippen LogP contribution in [-0.4, -0.2) is 17.7 Å². The fraction of sp³-hybridized carbons (Fsp3) is 1.00. The largest absolute Gasteiger partial charge is 0.326 e. The molecule has 0 amide bonds. The Kier molecular flexibility index (Phi) is 8.98. The number of halogens is 1. The Morgan fingerprint density at radius 3 is 2.64 bits per heavy atom. The Morgan fingerprint density at radius 1 is 1.73 bits per heavy atom. The highest BCUT2D eigenvalue weighted by atomic mass is 35.5. The fourth-order valence-electron chi connectivity index (χ4n) is 0.611. The number of hydrogen-bond acceptors (Lipinski definition) is 4. The van der Waals surface area contributed by atoms with Crippen molar-refractivity contribution < 1.29 is 9.92 Å². The van der Waals surface area contributed by atoms with Crippen molar-refractivity contribution in [3.63, 3.8) is 0 Å². The number of hydrogen-bond donors (Lipinski definition) is 1. The van der Waals surface area contributed by atoms with Crippen LogP contribution in [0.15, 0.2) is 0 Å². The van der Waals surface area contributed by atoms with E-state index in [0.29, 0.717) is 0 Å². The maximum absolute atomic E-state index is 9.64. The molecule has 1 atom stereocenters. The SMILES string of the molecule is CCC[C@H](N)CO[N+](=O)[O-].Cl. The standard InChI is InChI=1S/C5H12N2O3.ClH/c1-2-3-5(6)4-10-7(8)9;/h5H,2-4,6H2,1H3;1H/t5-;/m0./s1. The lowest BCUT2D eigenvalue weighted by Crippen LogP contribution is -2.27. The first-order chi connectivity index (χ1) is 4.66. The minimum Gasteiger partial charge on any atom is -0.326 e. The summed E-state index contributed by atoms with van der Waals surface area (Å²) in [7, 11) is 0. The van der Waals surface area contributed by atoms with Gasteiger partial charge in [0.05, 0.1) is 0 Å². The molecule has 5 nitrogen and oxygen atoms in total. The molecule has 0 bridgehead atoms. The minimum atomic E-state index is -0.824. The summed E-state index contributed by atoms with van der Waals surface area (Å²) in [5.41, 5.74) is 5.40. The Hall–Kier alpha value is -0.550. The maximum Gasteiger partial charge on any atom is 0.294 e. The molecule has 0 aliphatic rings. The van der Waals surface area contributed by atoms with E-state index in [2.05, 4.69) is 4.84 Å². The van der Waals surface area contributed by atoms with Crippen molar-refractivity contribution in [3.05, 3.63) is 10.1 Å². The molecular weight excluding hydrogens is 172 g/mol. The van der Waals surface area contributed by atoms with Gasteiger partial charge in [-0.2, -0.15) is 0 Å². The third kappa shape index (κ3) is 9.45. The van der Waals surface area contributed by atoms with E-state index < -0.39 is 5.09 Å². The minimum absolute atomic E-state index is 0. The summed E-state index contributed by atoms with van der Waals surface area (Å²) in [5.74, 6) is 0. The molecule has 0 heterocycles. The summed E-state index contributed by atoms with van der Waals surface area (Å²) < 4.78 is 0. The summed E-state index contributed by atoms with van der Waals surface area (Å²) in [6, 6.07) is -0.213. The lowest BCUT2D eigenvalue weighted by molar-refractivity contribution is -0.758. The van der Waals surface area contributed by atoms with Crippen LogP contribution >= 0.6 is 12.4 Å². The van der Waals surface area contributed by atoms with E-state index >= 15 is 0 Å². The Balaban J connectivity index is 0. The molecule has 68 valence electrons. The number of nitrogens with zero attached hydrogens (tertiary/aromatic N) is 1. The normalized spacial score (nSPS) is 11.5. The van der Waals surface area contributed by atoms with E-state index in [9.17, 15) is 10.1 Å². The van der Waals surface area contributed by atoms with Crippen LogP contribution in [0.2, 0.25) is 0 Å². The zero-order valence-electron chi connectivity index (χ0n) is 6.36. The van der Waals surface area contributed by atoms with Gasteiger partial charge in [-0.25, -0.2) is 0 Å². The van der Waals surface area contributed by atoms with Crippen LogP contribution in [0.25, 0.3) is 0 Å². The average Bonchev–Trinajstić information content (AvgIpc) is 1.85. The molecule has 0 aliphatic heterocycles. The molecule has 0 saturated carbocycles. The highest BCUT2D eigenvalue weighted by Gasteiger charge is 2.02. The molecule has 0 spiro atoms. The summed E-state index contributed by atoms with van der Waals surface area (Å²) in [5, 5.41) is 8.81. The molecule has 0 unspecified atom stereocenters. The molecular formula is C5H13ClN2O3. The molecule has 6 heteroatoms. The van der Waals surface area contributed by atoms with E-state index in [1.54, 1.807) is 0 Å². The second-order valence-corrected chi connectivity index (χ2v) is 2.07. The summed E-state index contributed by atoms with van der Waals surface area (Å²) in [6.45, 7) is 1.97. The van der Waals surface area contributed by atoms with Crippen molar-refractivity contribution in [2.45, 2.75) is 25.8 Å². The molecule has 0 aromatic carbocycles. The van der Waals surface area contributed by atoms with Crippen molar-refractivity contribution in [1.29, 1.82) is 0 Å². The lowest BCUT2D eigenvalue weighted by atomic mass is 10.2. The van der Waals surface area contributed by atoms with E-state index in [4.69, 9.17) is 5.73 Å². The van der Waals surface area contributed by atoms with Crippen molar-refractivity contribution in [2.24, 2.45) is 5.73 Å². The van der Waals surface area contributed by atoms with E-state index in [-0.39, 0.29) is 25.1 Å². The zero-order valence-corrected chi connectivity index (χ0v) is 7.17. The molecule has 11 heavy (non-hydrogen) atoms. The Labute approximate surface area is 71.4 Å². The predicted molar refractivity (Wildman–Crippen MR) is 43.1 cm³/mol. The third-order valence-corrected chi connectivity index (χ3v) is 1.05. The van der Waals surface area contributed by atoms with Crippen LogP contribution in [0.3, 0.4) is 0 Å². The third-order valence-electron chi connectivity index (χ3n) is 1.05. The topological polar surface area (TPSA) is 78.4 Å². The van der Waals surface area contributed by atoms with Crippen molar-refractivity contribution in [1.82, 2.24) is 0 Å². The molecule has 0 aromatic heterocycles. The van der Waals surface area contributed by atoms with Crippen molar-refractivity contribution in [2.75, 3.05) is 6.61 Å². The van der Waals surface area contributed by atoms with Crippen LogP contribution in [-0.2, 0) is 4.84 Å². The zero-order chi connectivity index (χ0) is 7.98. The van der Waals surface area contributed by atoms with Crippen molar-refractivity contribution in [3.8, 4) is 0 Å². The van der Waals surface area contributed by atoms with E-state index in [0.717, 1.165) is 12.8 Å². The van der Waals surface area contributed by atoms with Gasteiger partial charge in [0, 0.05) is 6.04 Å². The second-order valence-electron chi connectivity index (χ2n) is 2.07. The molecule has 0 saturated heterocycles. The second kappa shape index (κ2) is 7.56. The van der Waals surface area contributed by atoms with Gasteiger partial charge in [0.1, 0.15) is 6.61 Å². The maximum atomic E-state index is 9.64. The Morgan fingerprint density at radius 2 is 2.27 bits per heavy atom. The molecule has 0 fully saturated rings. The number of nitrogens with two attached hydrogens (primary N) is 1. The van der Waals surface area contributed by atoms with Gasteiger partial charge in [0.2, 0.25) is 0 Å². The van der Waals surface area contributed by atoms with E-state index in [1.165, 1.54) is 0 Å². The monoisotopic (exact) mass is 184 g/mol. The van der Waals surface area contributed by atoms with Crippen molar-refractivity contribution >= 4 is 12.4 Å². The average molecular weight is 185 g/mol. The molecule has 0 rings (SSSR count). The van der Waals surface area contributed by atoms with Gasteiger partial charge in [0.15, 0.2) is 0 Å². The lowest BCUT2D eigenvalue weighted by Gasteiger charge is -2.06. The van der Waals surface area contributed by atoms with Gasteiger partial charge in [0.25, 0.3) is 5.09 Å². The van der Waals surface area contributed by atoms with Gasteiger partial charge in [-0.3, -0.25) is 0 Å². The summed E-state index contributed by atoms with van der Waals surface area (Å²) >= 11 is 0. The molecule has 0 aromatic rings. The van der Waals surface area contributed by atoms with Gasteiger partial charge in [-0.1, -0.05) is 13.3 Å². The van der Waals surface area contributed by atoms with Gasteiger partial charge in [-0.05, 0) is 6.42 Å². The number of rotatable bonds is 5. The summed E-state index contributed by atoms with van der Waals surface area (Å²) in [6.07, 6.45) is 1.68. The molecule has 0 radical (unpaired) electrons. The van der Waals surface area contributed by atoms with Gasteiger partial charge in [-0.15, -0.1) is 22.5 Å². The molecule has 0 aliphatic carbocycles. The highest BCUT2D eigenvalue weighted by molar-refractivity contribution is 5.85. The first kappa shape index (κ1) is 13.1. The summed E-state index contributed by atoms with van der Waals surface area (Å²) in [4.78, 5) is 13.7. The first-order valence-electron chi connectivity index (χ1n) is 3.19.